The van der Waals surface area contributed by atoms with Crippen molar-refractivity contribution >= 4 is 12.7 Å². The maximum atomic E-state index is 12.0. The molecule has 29 heavy (non-hydrogen) atoms. The van der Waals surface area contributed by atoms with Gasteiger partial charge in [0.1, 0.15) is 10.7 Å². The highest BCUT2D eigenvalue weighted by Crippen LogP contribution is 2.30. The second-order valence-electron chi connectivity index (χ2n) is 7.70. The Bertz CT molecular complexity index is 995. The van der Waals surface area contributed by atoms with Gasteiger partial charge in [0.2, 0.25) is 0 Å². The Kier molecular flexibility index (Phi) is 7.33. The van der Waals surface area contributed by atoms with Crippen LogP contribution in [0, 0.1) is 5.92 Å². The molecule has 2 N–H and O–H groups in total. The molecule has 1 aliphatic carbocycles. The molecular formula is C23H30N2O4. The fourth-order valence-electron chi connectivity index (χ4n) is 3.93. The van der Waals surface area contributed by atoms with Gasteiger partial charge in [-0.2, -0.15) is 0 Å². The van der Waals surface area contributed by atoms with Gasteiger partial charge in [-0.25, -0.2) is 0 Å². The molecule has 6 nitrogen and oxygen atoms in total. The van der Waals surface area contributed by atoms with Crippen LogP contribution in [-0.2, 0) is 0 Å². The molecule has 0 atom stereocenters. The van der Waals surface area contributed by atoms with Gasteiger partial charge in [-0.3, -0.25) is 9.59 Å². The molecule has 2 aromatic rings. The van der Waals surface area contributed by atoms with E-state index < -0.39 is 11.1 Å². The minimum atomic E-state index is -0.472. The highest BCUT2D eigenvalue weighted by molar-refractivity contribution is 5.55. The van der Waals surface area contributed by atoms with E-state index in [0.717, 1.165) is 12.3 Å². The molecule has 0 spiro atoms. The number of hydrogen-bond acceptors (Lipinski definition) is 4. The quantitative estimate of drug-likeness (QED) is 0.669. The molecule has 1 saturated carbocycles. The first-order valence-corrected chi connectivity index (χ1v) is 10.4. The van der Waals surface area contributed by atoms with E-state index in [1.807, 2.05) is 0 Å². The summed E-state index contributed by atoms with van der Waals surface area (Å²) in [4.78, 5) is 29.1. The Balaban J connectivity index is 1.66. The number of rotatable bonds is 8. The van der Waals surface area contributed by atoms with Crippen LogP contribution in [0.2, 0.25) is 0 Å². The third-order valence-corrected chi connectivity index (χ3v) is 5.51. The van der Waals surface area contributed by atoms with Crippen LogP contribution in [0.25, 0.3) is 12.7 Å². The first kappa shape index (κ1) is 21.0. The van der Waals surface area contributed by atoms with Crippen molar-refractivity contribution in [2.75, 3.05) is 13.7 Å². The molecule has 0 amide bonds. The van der Waals surface area contributed by atoms with Crippen LogP contribution in [0.1, 0.15) is 56.9 Å². The Labute approximate surface area is 170 Å². The van der Waals surface area contributed by atoms with Gasteiger partial charge < -0.3 is 19.4 Å². The standard InChI is InChI=1S/C23H30N2O4/c1-16-24-22(26)19(23(27)25-16)14-18-11-12-20(28-2)21(15-18)29-13-7-6-10-17-8-4-3-5-9-17/h11-12,14-15,17H,1,3-10,13H2,2H3,(H,24,26)(H,25,27). The minimum absolute atomic E-state index is 0.0287. The van der Waals surface area contributed by atoms with Gasteiger partial charge in [-0.05, 0) is 42.5 Å². The lowest BCUT2D eigenvalue weighted by molar-refractivity contribution is 0.271. The lowest BCUT2D eigenvalue weighted by Crippen LogP contribution is -2.47. The van der Waals surface area contributed by atoms with E-state index in [-0.39, 0.29) is 10.7 Å². The van der Waals surface area contributed by atoms with Gasteiger partial charge in [0.25, 0.3) is 11.1 Å². The maximum absolute atomic E-state index is 12.0. The summed E-state index contributed by atoms with van der Waals surface area (Å²) in [6.45, 7) is 4.16. The van der Waals surface area contributed by atoms with Crippen molar-refractivity contribution in [3.05, 3.63) is 55.2 Å². The van der Waals surface area contributed by atoms with Gasteiger partial charge in [-0.15, -0.1) is 0 Å². The summed E-state index contributed by atoms with van der Waals surface area (Å²) in [5, 5.41) is 0.0287. The maximum Gasteiger partial charge on any atom is 0.262 e. The zero-order chi connectivity index (χ0) is 20.6. The van der Waals surface area contributed by atoms with Crippen LogP contribution in [-0.4, -0.2) is 23.7 Å². The fourth-order valence-corrected chi connectivity index (χ4v) is 3.93. The number of hydrogen-bond donors (Lipinski definition) is 2. The summed E-state index contributed by atoms with van der Waals surface area (Å²) < 4.78 is 11.3. The monoisotopic (exact) mass is 398 g/mol. The summed E-state index contributed by atoms with van der Waals surface area (Å²) in [5.74, 6) is 2.13. The molecule has 0 radical (unpaired) electrons. The Morgan fingerprint density at radius 2 is 1.79 bits per heavy atom. The summed E-state index contributed by atoms with van der Waals surface area (Å²) in [6.07, 6.45) is 11.9. The van der Waals surface area contributed by atoms with Crippen molar-refractivity contribution in [1.29, 1.82) is 0 Å². The van der Waals surface area contributed by atoms with Crippen LogP contribution in [0.5, 0.6) is 11.5 Å². The Morgan fingerprint density at radius 1 is 1.07 bits per heavy atom. The van der Waals surface area contributed by atoms with Crippen molar-refractivity contribution in [2.45, 2.75) is 51.4 Å². The number of aromatic nitrogens is 2. The Morgan fingerprint density at radius 3 is 2.48 bits per heavy atom. The molecule has 0 unspecified atom stereocenters. The SMILES string of the molecule is C=c1[nH]c(=O)c(=Cc2ccc(OC)c(OCCCCC3CCCCC3)c2)c(=O)[nH]1. The average Bonchev–Trinajstić information content (AvgIpc) is 2.71. The van der Waals surface area contributed by atoms with E-state index in [1.54, 1.807) is 25.3 Å². The van der Waals surface area contributed by atoms with Crippen LogP contribution < -0.4 is 31.3 Å². The summed E-state index contributed by atoms with van der Waals surface area (Å²) in [7, 11) is 1.59. The lowest BCUT2D eigenvalue weighted by atomic mass is 9.86. The normalized spacial score (nSPS) is 14.5. The zero-order valence-corrected chi connectivity index (χ0v) is 17.1. The molecule has 1 heterocycles. The predicted molar refractivity (Wildman–Crippen MR) is 115 cm³/mol. The first-order chi connectivity index (χ1) is 14.1. The lowest BCUT2D eigenvalue weighted by Gasteiger charge is -2.21. The smallest absolute Gasteiger partial charge is 0.262 e. The van der Waals surface area contributed by atoms with E-state index in [4.69, 9.17) is 9.47 Å². The topological polar surface area (TPSA) is 84.2 Å². The van der Waals surface area contributed by atoms with Crippen LogP contribution in [0.3, 0.4) is 0 Å². The van der Waals surface area contributed by atoms with E-state index >= 15 is 0 Å². The second-order valence-corrected chi connectivity index (χ2v) is 7.70. The number of H-pyrrole nitrogens is 2. The number of methoxy groups -OCH3 is 1. The van der Waals surface area contributed by atoms with E-state index in [2.05, 4.69) is 16.5 Å². The summed E-state index contributed by atoms with van der Waals surface area (Å²) >= 11 is 0. The molecule has 1 fully saturated rings. The summed E-state index contributed by atoms with van der Waals surface area (Å²) in [5.41, 5.74) is -0.0700. The third-order valence-electron chi connectivity index (χ3n) is 5.51. The molecule has 0 bridgehead atoms. The molecule has 0 aliphatic heterocycles. The fraction of sp³-hybridized carbons (Fsp3) is 0.478. The molecule has 1 aromatic heterocycles. The second kappa shape index (κ2) is 10.1. The van der Waals surface area contributed by atoms with Crippen LogP contribution >= 0.6 is 0 Å². The Hall–Kier alpha value is -2.76. The van der Waals surface area contributed by atoms with Gasteiger partial charge in [0.15, 0.2) is 11.5 Å². The molecule has 0 saturated heterocycles. The van der Waals surface area contributed by atoms with Crippen molar-refractivity contribution in [3.8, 4) is 11.5 Å². The molecule has 1 aromatic carbocycles. The molecule has 1 aliphatic rings. The molecular weight excluding hydrogens is 368 g/mol. The number of benzene rings is 1. The van der Waals surface area contributed by atoms with Gasteiger partial charge in [0.05, 0.1) is 13.7 Å². The number of unbranched alkanes of at least 4 members (excludes halogenated alkanes) is 1. The van der Waals surface area contributed by atoms with Crippen molar-refractivity contribution in [2.24, 2.45) is 5.92 Å². The minimum Gasteiger partial charge on any atom is -0.493 e. The zero-order valence-electron chi connectivity index (χ0n) is 17.1. The number of aromatic amines is 2. The molecule has 6 heteroatoms. The highest BCUT2D eigenvalue weighted by Gasteiger charge is 2.12. The van der Waals surface area contributed by atoms with Gasteiger partial charge in [0, 0.05) is 0 Å². The number of ether oxygens (including phenoxy) is 2. The van der Waals surface area contributed by atoms with Crippen LogP contribution in [0.15, 0.2) is 27.8 Å². The van der Waals surface area contributed by atoms with Crippen molar-refractivity contribution in [3.63, 3.8) is 0 Å². The van der Waals surface area contributed by atoms with Crippen molar-refractivity contribution < 1.29 is 9.47 Å². The van der Waals surface area contributed by atoms with Crippen molar-refractivity contribution in [1.82, 2.24) is 9.97 Å². The highest BCUT2D eigenvalue weighted by atomic mass is 16.5. The average molecular weight is 399 g/mol. The van der Waals surface area contributed by atoms with E-state index in [9.17, 15) is 9.59 Å². The molecule has 156 valence electrons. The van der Waals surface area contributed by atoms with E-state index in [0.29, 0.717) is 23.7 Å². The van der Waals surface area contributed by atoms with Crippen LogP contribution in [0.4, 0.5) is 0 Å². The third kappa shape index (κ3) is 5.86. The number of nitrogens with one attached hydrogen (secondary N) is 2. The first-order valence-electron chi connectivity index (χ1n) is 10.4. The van der Waals surface area contributed by atoms with Gasteiger partial charge >= 0.3 is 0 Å². The van der Waals surface area contributed by atoms with Gasteiger partial charge in [-0.1, -0.05) is 51.2 Å². The predicted octanol–water partition coefficient (Wildman–Crippen LogP) is 2.44. The van der Waals surface area contributed by atoms with E-state index in [1.165, 1.54) is 51.0 Å². The summed E-state index contributed by atoms with van der Waals surface area (Å²) in [6, 6.07) is 5.35. The molecule has 3 rings (SSSR count). The largest absolute Gasteiger partial charge is 0.493 e.